The summed E-state index contributed by atoms with van der Waals surface area (Å²) in [4.78, 5) is 94.2. The third kappa shape index (κ3) is 17.8. The molecule has 406 valence electrons. The molecule has 2 aromatic heterocycles. The van der Waals surface area contributed by atoms with E-state index in [-0.39, 0.29) is 22.9 Å². The number of nitrogens with one attached hydrogen (secondary N) is 4. The molecule has 0 radical (unpaired) electrons. The number of H-pyrrole nitrogens is 2. The highest BCUT2D eigenvalue weighted by atomic mass is 16.5. The summed E-state index contributed by atoms with van der Waals surface area (Å²) in [5.74, 6) is -1.45. The number of carbonyl (C=O) groups excluding carboxylic acids is 2. The van der Waals surface area contributed by atoms with E-state index in [1.165, 1.54) is 0 Å². The highest BCUT2D eigenvalue weighted by molar-refractivity contribution is 5.94. The van der Waals surface area contributed by atoms with Crippen molar-refractivity contribution in [2.24, 2.45) is 0 Å². The number of carbonyl (C=O) groups is 4. The first-order valence-corrected chi connectivity index (χ1v) is 25.4. The van der Waals surface area contributed by atoms with Crippen molar-refractivity contribution in [2.45, 2.75) is 92.3 Å². The maximum atomic E-state index is 12.6. The largest absolute Gasteiger partial charge is 0.493 e. The molecule has 2 amide bonds. The van der Waals surface area contributed by atoms with Crippen LogP contribution >= 0.6 is 0 Å². The fourth-order valence-electron chi connectivity index (χ4n) is 8.01. The number of ether oxygens (including phenoxy) is 2. The van der Waals surface area contributed by atoms with E-state index in [1.54, 1.807) is 0 Å². The number of anilines is 2. The summed E-state index contributed by atoms with van der Waals surface area (Å²) in [5, 5.41) is 38.5. The Morgan fingerprint density at radius 3 is 1.23 bits per heavy atom. The number of rotatable bonds is 21. The topological polar surface area (TPSA) is 296 Å². The quantitative estimate of drug-likeness (QED) is 0.0595. The molecule has 74 heavy (non-hydrogen) atoms. The van der Waals surface area contributed by atoms with Crippen molar-refractivity contribution in [3.05, 3.63) is 79.6 Å². The molecule has 0 bridgehead atoms. The molecule has 6 rings (SSSR count). The fourth-order valence-corrected chi connectivity index (χ4v) is 8.01. The molecule has 22 nitrogen and oxygen atoms in total. The van der Waals surface area contributed by atoms with Gasteiger partial charge < -0.3 is 60.3 Å². The van der Waals surface area contributed by atoms with E-state index in [1.807, 2.05) is 77.9 Å². The van der Waals surface area contributed by atoms with Crippen LogP contribution in [0.1, 0.15) is 76.9 Å². The summed E-state index contributed by atoms with van der Waals surface area (Å²) in [5.41, 5.74) is 5.41. The lowest BCUT2D eigenvalue weighted by atomic mass is 10.1. The number of likely N-dealkylation sites (N-methyl/N-ethyl adjacent to an activating group) is 2. The average molecular weight is 1030 g/mol. The number of aliphatic carboxylic acids is 2. The third-order valence-electron chi connectivity index (χ3n) is 12.3. The van der Waals surface area contributed by atoms with Gasteiger partial charge in [-0.05, 0) is 89.0 Å². The summed E-state index contributed by atoms with van der Waals surface area (Å²) in [6.07, 6.45) is -0.195. The first-order valence-electron chi connectivity index (χ1n) is 25.4. The van der Waals surface area contributed by atoms with Gasteiger partial charge in [0.2, 0.25) is 11.8 Å². The van der Waals surface area contributed by atoms with Gasteiger partial charge in [-0.1, -0.05) is 41.5 Å². The Labute approximate surface area is 432 Å². The summed E-state index contributed by atoms with van der Waals surface area (Å²) in [6.45, 7) is 21.2. The lowest BCUT2D eigenvalue weighted by Gasteiger charge is -2.31. The molecule has 2 aliphatic heterocycles. The van der Waals surface area contributed by atoms with Gasteiger partial charge in [0.15, 0.2) is 12.2 Å². The monoisotopic (exact) mass is 1030 g/mol. The number of carboxylic acids is 2. The van der Waals surface area contributed by atoms with E-state index in [0.29, 0.717) is 109 Å². The van der Waals surface area contributed by atoms with E-state index in [0.717, 1.165) is 76.6 Å². The Morgan fingerprint density at radius 2 is 0.932 bits per heavy atom. The van der Waals surface area contributed by atoms with Crippen LogP contribution in [0.15, 0.2) is 46.0 Å². The number of amides is 2. The SMILES string of the molecule is CCCOc1ccc(NC(=O)CN2CCN(C)CC2)cc1-c1nc(CC)c(CC)c(=O)[nH]1.CCCOc1ccc(NC(=O)CN2CCN(C)CC2)cc1-c1nc(CC)c(CC)c(=O)[nH]1.O=C(O)C(O)C(O)C(=O)O. The Bertz CT molecular complexity index is 2430. The second-order valence-electron chi connectivity index (χ2n) is 18.0. The minimum Gasteiger partial charge on any atom is -0.493 e. The van der Waals surface area contributed by atoms with Gasteiger partial charge in [-0.2, -0.15) is 0 Å². The number of hydrogen-bond acceptors (Lipinski definition) is 16. The van der Waals surface area contributed by atoms with E-state index in [9.17, 15) is 28.8 Å². The molecule has 0 spiro atoms. The number of aliphatic hydroxyl groups excluding tert-OH is 2. The van der Waals surface area contributed by atoms with E-state index in [2.05, 4.69) is 54.3 Å². The maximum absolute atomic E-state index is 12.6. The molecule has 0 aliphatic carbocycles. The lowest BCUT2D eigenvalue weighted by molar-refractivity contribution is -0.165. The van der Waals surface area contributed by atoms with Gasteiger partial charge in [-0.3, -0.25) is 29.0 Å². The molecule has 2 unspecified atom stereocenters. The highest BCUT2D eigenvalue weighted by Gasteiger charge is 2.29. The van der Waals surface area contributed by atoms with Gasteiger partial charge in [0.05, 0.1) is 48.8 Å². The fraction of sp³-hybridized carbons (Fsp3) is 0.538. The van der Waals surface area contributed by atoms with Crippen molar-refractivity contribution in [1.29, 1.82) is 0 Å². The highest BCUT2D eigenvalue weighted by Crippen LogP contribution is 2.32. The van der Waals surface area contributed by atoms with Crippen molar-refractivity contribution < 1.29 is 49.1 Å². The van der Waals surface area contributed by atoms with Crippen LogP contribution in [-0.2, 0) is 44.9 Å². The molecular weight excluding hydrogens is 957 g/mol. The zero-order valence-corrected chi connectivity index (χ0v) is 44.1. The molecule has 2 aromatic carbocycles. The molecule has 4 aromatic rings. The predicted octanol–water partition coefficient (Wildman–Crippen LogP) is 2.95. The zero-order valence-electron chi connectivity index (χ0n) is 44.1. The van der Waals surface area contributed by atoms with Gasteiger partial charge in [-0.25, -0.2) is 19.6 Å². The molecule has 22 heteroatoms. The van der Waals surface area contributed by atoms with Crippen LogP contribution in [0.2, 0.25) is 0 Å². The minimum absolute atomic E-state index is 0.0558. The van der Waals surface area contributed by atoms with Gasteiger partial charge in [0.25, 0.3) is 11.1 Å². The summed E-state index contributed by atoms with van der Waals surface area (Å²) >= 11 is 0. The number of aromatic nitrogens is 4. The first-order chi connectivity index (χ1) is 35.4. The number of aliphatic hydroxyl groups is 2. The van der Waals surface area contributed by atoms with Crippen LogP contribution in [0.5, 0.6) is 11.5 Å². The number of nitrogens with zero attached hydrogens (tertiary/aromatic N) is 6. The van der Waals surface area contributed by atoms with Crippen LogP contribution in [0.4, 0.5) is 11.4 Å². The number of hydrogen-bond donors (Lipinski definition) is 8. The molecule has 0 saturated carbocycles. The van der Waals surface area contributed by atoms with E-state index in [4.69, 9.17) is 39.9 Å². The van der Waals surface area contributed by atoms with Crippen LogP contribution < -0.4 is 31.2 Å². The first kappa shape index (κ1) is 60.0. The van der Waals surface area contributed by atoms with Gasteiger partial charge in [0, 0.05) is 74.9 Å². The van der Waals surface area contributed by atoms with E-state index < -0.39 is 24.1 Å². The lowest BCUT2D eigenvalue weighted by Crippen LogP contribution is -2.47. The molecule has 8 N–H and O–H groups in total. The average Bonchev–Trinajstić information content (AvgIpc) is 3.38. The Morgan fingerprint density at radius 1 is 0.581 bits per heavy atom. The van der Waals surface area contributed by atoms with Crippen LogP contribution in [0.3, 0.4) is 0 Å². The maximum Gasteiger partial charge on any atom is 0.335 e. The summed E-state index contributed by atoms with van der Waals surface area (Å²) in [6, 6.07) is 11.0. The van der Waals surface area contributed by atoms with Crippen LogP contribution in [0, 0.1) is 0 Å². The van der Waals surface area contributed by atoms with Gasteiger partial charge in [-0.15, -0.1) is 0 Å². The van der Waals surface area contributed by atoms with Crippen molar-refractivity contribution in [2.75, 3.05) is 103 Å². The van der Waals surface area contributed by atoms with Crippen molar-refractivity contribution in [1.82, 2.24) is 39.5 Å². The Balaban J connectivity index is 0.000000271. The van der Waals surface area contributed by atoms with Crippen molar-refractivity contribution in [3.63, 3.8) is 0 Å². The van der Waals surface area contributed by atoms with Crippen LogP contribution in [-0.4, -0.2) is 189 Å². The normalized spacial score (nSPS) is 15.1. The molecule has 2 aliphatic rings. The number of aromatic amines is 2. The summed E-state index contributed by atoms with van der Waals surface area (Å²) in [7, 11) is 4.19. The molecule has 2 saturated heterocycles. The van der Waals surface area contributed by atoms with E-state index >= 15 is 0 Å². The zero-order chi connectivity index (χ0) is 54.5. The second-order valence-corrected chi connectivity index (χ2v) is 18.0. The third-order valence-corrected chi connectivity index (χ3v) is 12.3. The smallest absolute Gasteiger partial charge is 0.335 e. The van der Waals surface area contributed by atoms with Gasteiger partial charge >= 0.3 is 11.9 Å². The standard InChI is InChI=1S/2C24H35N5O3.C4H6O6/c2*1-5-14-32-21-9-8-17(25-22(30)16-29-12-10-28(4)11-13-29)15-19(21)23-26-20(7-3)18(6-2)24(31)27-23;5-1(3(7)8)2(6)4(9)10/h2*8-9,15H,5-7,10-14,16H2,1-4H3,(H,25,30)(H,26,27,31);1-2,5-6H,(H,7,8)(H,9,10). The number of benzene rings is 2. The number of carboxylic acid groups (broad SMARTS) is 2. The molecule has 2 atom stereocenters. The van der Waals surface area contributed by atoms with Crippen molar-refractivity contribution in [3.8, 4) is 34.3 Å². The molecule has 4 heterocycles. The van der Waals surface area contributed by atoms with Crippen molar-refractivity contribution >= 4 is 35.1 Å². The Kier molecular flexibility index (Phi) is 24.3. The number of piperazine rings is 2. The molecule has 2 fully saturated rings. The molecular formula is C52H76N10O12. The Hall–Kier alpha value is -6.56. The minimum atomic E-state index is -2.27. The van der Waals surface area contributed by atoms with Crippen LogP contribution in [0.25, 0.3) is 22.8 Å². The second kappa shape index (κ2) is 30.0. The number of aryl methyl sites for hydroxylation is 2. The van der Waals surface area contributed by atoms with Gasteiger partial charge in [0.1, 0.15) is 23.1 Å². The predicted molar refractivity (Wildman–Crippen MR) is 282 cm³/mol. The summed E-state index contributed by atoms with van der Waals surface area (Å²) < 4.78 is 11.8.